The van der Waals surface area contributed by atoms with Crippen LogP contribution in [0.25, 0.3) is 0 Å². The molecule has 0 saturated carbocycles. The lowest BCUT2D eigenvalue weighted by molar-refractivity contribution is 0.475. The van der Waals surface area contributed by atoms with Crippen LogP contribution >= 0.6 is 11.6 Å². The Balaban J connectivity index is 2.42. The molecule has 0 aliphatic rings. The molecule has 3 heteroatoms. The summed E-state index contributed by atoms with van der Waals surface area (Å²) in [5.41, 5.74) is 5.40. The average molecular weight is 283 g/mol. The van der Waals surface area contributed by atoms with Crippen LogP contribution < -0.4 is 11.3 Å². The Morgan fingerprint density at radius 3 is 2.53 bits per heavy atom. The Kier molecular flexibility index (Phi) is 8.11. The minimum absolute atomic E-state index is 0.213. The molecule has 2 nitrogen and oxygen atoms in total. The summed E-state index contributed by atoms with van der Waals surface area (Å²) < 4.78 is 0. The summed E-state index contributed by atoms with van der Waals surface area (Å²) >= 11 is 6.07. The minimum Gasteiger partial charge on any atom is -0.271 e. The van der Waals surface area contributed by atoms with Gasteiger partial charge in [0.25, 0.3) is 0 Å². The van der Waals surface area contributed by atoms with Gasteiger partial charge in [-0.15, -0.1) is 0 Å². The molecule has 0 radical (unpaired) electrons. The van der Waals surface area contributed by atoms with Crippen molar-refractivity contribution < 1.29 is 0 Å². The molecular weight excluding hydrogens is 256 g/mol. The average Bonchev–Trinajstić information content (AvgIpc) is 2.41. The Labute approximate surface area is 122 Å². The third-order valence-corrected chi connectivity index (χ3v) is 3.90. The van der Waals surface area contributed by atoms with Crippen molar-refractivity contribution in [2.75, 3.05) is 0 Å². The first-order valence-electron chi connectivity index (χ1n) is 7.41. The van der Waals surface area contributed by atoms with E-state index in [1.54, 1.807) is 0 Å². The summed E-state index contributed by atoms with van der Waals surface area (Å²) in [6.07, 6.45) is 8.92. The van der Waals surface area contributed by atoms with E-state index in [9.17, 15) is 0 Å². The second-order valence-electron chi connectivity index (χ2n) is 5.28. The number of hydrogen-bond donors (Lipinski definition) is 2. The second kappa shape index (κ2) is 9.35. The molecule has 1 aromatic carbocycles. The van der Waals surface area contributed by atoms with Crippen LogP contribution in [-0.4, -0.2) is 0 Å². The number of unbranched alkanes of at least 4 members (excludes halogenated alkanes) is 5. The van der Waals surface area contributed by atoms with Crippen LogP contribution in [0.1, 0.15) is 69.0 Å². The van der Waals surface area contributed by atoms with E-state index in [1.807, 2.05) is 12.1 Å². The third kappa shape index (κ3) is 5.94. The van der Waals surface area contributed by atoms with Crippen molar-refractivity contribution in [3.05, 3.63) is 34.3 Å². The van der Waals surface area contributed by atoms with Crippen molar-refractivity contribution in [2.45, 2.75) is 64.8 Å². The highest BCUT2D eigenvalue weighted by Crippen LogP contribution is 2.25. The van der Waals surface area contributed by atoms with Crippen molar-refractivity contribution in [3.63, 3.8) is 0 Å². The minimum atomic E-state index is 0.213. The maximum Gasteiger partial charge on any atom is 0.0463 e. The van der Waals surface area contributed by atoms with Crippen LogP contribution in [0.3, 0.4) is 0 Å². The summed E-state index contributed by atoms with van der Waals surface area (Å²) in [4.78, 5) is 0. The standard InChI is InChI=1S/C16H27ClN2/c1-3-4-5-6-7-8-9-16(19-18)15-12-14(17)11-10-13(15)2/h10-12,16,19H,3-9,18H2,1-2H3. The molecule has 0 aliphatic carbocycles. The van der Waals surface area contributed by atoms with Gasteiger partial charge in [0.05, 0.1) is 0 Å². The predicted molar refractivity (Wildman–Crippen MR) is 84.2 cm³/mol. The van der Waals surface area contributed by atoms with Crippen LogP contribution in [0.2, 0.25) is 5.02 Å². The number of nitrogens with two attached hydrogens (primary N) is 1. The molecule has 0 bridgehead atoms. The number of benzene rings is 1. The first kappa shape index (κ1) is 16.5. The molecule has 1 rings (SSSR count). The fourth-order valence-electron chi connectivity index (χ4n) is 2.44. The topological polar surface area (TPSA) is 38.0 Å². The van der Waals surface area contributed by atoms with Gasteiger partial charge in [-0.1, -0.05) is 63.1 Å². The van der Waals surface area contributed by atoms with Crippen LogP contribution in [-0.2, 0) is 0 Å². The monoisotopic (exact) mass is 282 g/mol. The lowest BCUT2D eigenvalue weighted by atomic mass is 9.96. The van der Waals surface area contributed by atoms with E-state index < -0.39 is 0 Å². The predicted octanol–water partition coefficient (Wildman–Crippen LogP) is 4.90. The zero-order valence-corrected chi connectivity index (χ0v) is 13.0. The maximum atomic E-state index is 6.07. The van der Waals surface area contributed by atoms with Gasteiger partial charge in [0.2, 0.25) is 0 Å². The molecule has 19 heavy (non-hydrogen) atoms. The van der Waals surface area contributed by atoms with E-state index in [0.717, 1.165) is 11.4 Å². The van der Waals surface area contributed by atoms with Gasteiger partial charge in [-0.3, -0.25) is 11.3 Å². The number of hydrogen-bond acceptors (Lipinski definition) is 2. The number of nitrogens with one attached hydrogen (secondary N) is 1. The normalized spacial score (nSPS) is 12.6. The molecular formula is C16H27ClN2. The summed E-state index contributed by atoms with van der Waals surface area (Å²) in [5, 5.41) is 0.781. The van der Waals surface area contributed by atoms with Crippen molar-refractivity contribution in [2.24, 2.45) is 5.84 Å². The van der Waals surface area contributed by atoms with Gasteiger partial charge in [-0.2, -0.15) is 0 Å². The quantitative estimate of drug-likeness (QED) is 0.384. The molecule has 0 heterocycles. The fourth-order valence-corrected chi connectivity index (χ4v) is 2.62. The third-order valence-electron chi connectivity index (χ3n) is 3.66. The zero-order chi connectivity index (χ0) is 14.1. The SMILES string of the molecule is CCCCCCCCC(NN)c1cc(Cl)ccc1C. The van der Waals surface area contributed by atoms with E-state index in [2.05, 4.69) is 25.3 Å². The summed E-state index contributed by atoms with van der Waals surface area (Å²) in [6, 6.07) is 6.23. The lowest BCUT2D eigenvalue weighted by Crippen LogP contribution is -2.28. The number of halogens is 1. The Morgan fingerprint density at radius 1 is 1.16 bits per heavy atom. The molecule has 0 spiro atoms. The van der Waals surface area contributed by atoms with Crippen LogP contribution in [0, 0.1) is 6.92 Å². The molecule has 3 N–H and O–H groups in total. The lowest BCUT2D eigenvalue weighted by Gasteiger charge is -2.18. The van der Waals surface area contributed by atoms with Gasteiger partial charge < -0.3 is 0 Å². The Hall–Kier alpha value is -0.570. The van der Waals surface area contributed by atoms with Crippen LogP contribution in [0.4, 0.5) is 0 Å². The van der Waals surface area contributed by atoms with Crippen LogP contribution in [0.15, 0.2) is 18.2 Å². The molecule has 0 saturated heterocycles. The molecule has 1 atom stereocenters. The van der Waals surface area contributed by atoms with E-state index in [-0.39, 0.29) is 6.04 Å². The Bertz CT molecular complexity index is 366. The van der Waals surface area contributed by atoms with Crippen LogP contribution in [0.5, 0.6) is 0 Å². The van der Waals surface area contributed by atoms with E-state index >= 15 is 0 Å². The van der Waals surface area contributed by atoms with E-state index in [1.165, 1.54) is 49.7 Å². The zero-order valence-electron chi connectivity index (χ0n) is 12.2. The highest BCUT2D eigenvalue weighted by Gasteiger charge is 2.12. The highest BCUT2D eigenvalue weighted by atomic mass is 35.5. The second-order valence-corrected chi connectivity index (χ2v) is 5.71. The summed E-state index contributed by atoms with van der Waals surface area (Å²) in [6.45, 7) is 4.35. The smallest absolute Gasteiger partial charge is 0.0463 e. The number of rotatable bonds is 9. The van der Waals surface area contributed by atoms with Gasteiger partial charge in [0, 0.05) is 11.1 Å². The molecule has 0 amide bonds. The van der Waals surface area contributed by atoms with E-state index in [4.69, 9.17) is 17.4 Å². The molecule has 1 unspecified atom stereocenters. The largest absolute Gasteiger partial charge is 0.271 e. The van der Waals surface area contributed by atoms with Gasteiger partial charge in [0.1, 0.15) is 0 Å². The first-order valence-corrected chi connectivity index (χ1v) is 7.79. The van der Waals surface area contributed by atoms with Crippen molar-refractivity contribution in [1.82, 2.24) is 5.43 Å². The van der Waals surface area contributed by atoms with Crippen molar-refractivity contribution in [1.29, 1.82) is 0 Å². The molecule has 1 aromatic rings. The number of aryl methyl sites for hydroxylation is 1. The maximum absolute atomic E-state index is 6.07. The molecule has 0 aliphatic heterocycles. The van der Waals surface area contributed by atoms with Gasteiger partial charge in [-0.05, 0) is 36.6 Å². The molecule has 0 fully saturated rings. The highest BCUT2D eigenvalue weighted by molar-refractivity contribution is 6.30. The number of hydrazine groups is 1. The van der Waals surface area contributed by atoms with Crippen molar-refractivity contribution >= 4 is 11.6 Å². The summed E-state index contributed by atoms with van der Waals surface area (Å²) in [7, 11) is 0. The molecule has 0 aromatic heterocycles. The van der Waals surface area contributed by atoms with Gasteiger partial charge >= 0.3 is 0 Å². The summed E-state index contributed by atoms with van der Waals surface area (Å²) in [5.74, 6) is 5.69. The molecule has 108 valence electrons. The van der Waals surface area contributed by atoms with Crippen molar-refractivity contribution in [3.8, 4) is 0 Å². The van der Waals surface area contributed by atoms with E-state index in [0.29, 0.717) is 0 Å². The van der Waals surface area contributed by atoms with Gasteiger partial charge in [0.15, 0.2) is 0 Å². The first-order chi connectivity index (χ1) is 9.19. The Morgan fingerprint density at radius 2 is 1.84 bits per heavy atom. The fraction of sp³-hybridized carbons (Fsp3) is 0.625. The van der Waals surface area contributed by atoms with Gasteiger partial charge in [-0.25, -0.2) is 0 Å².